The molecular weight excluding hydrogens is 454 g/mol. The molecule has 188 valence electrons. The highest BCUT2D eigenvalue weighted by atomic mass is 32.2. The highest BCUT2D eigenvalue weighted by Crippen LogP contribution is 2.32. The number of rotatable bonds is 14. The van der Waals surface area contributed by atoms with Crippen molar-refractivity contribution in [2.24, 2.45) is 0 Å². The number of hydrogen-bond acceptors (Lipinski definition) is 7. The molecule has 0 aliphatic carbocycles. The van der Waals surface area contributed by atoms with Crippen molar-refractivity contribution in [2.75, 3.05) is 39.5 Å². The lowest BCUT2D eigenvalue weighted by atomic mass is 10.00. The first kappa shape index (κ1) is 27.7. The molecule has 2 aromatic carbocycles. The molecular formula is C26H37NO6S. The van der Waals surface area contributed by atoms with Crippen LogP contribution in [0.1, 0.15) is 40.2 Å². The molecule has 0 aliphatic heterocycles. The zero-order valence-electron chi connectivity index (χ0n) is 20.9. The molecule has 34 heavy (non-hydrogen) atoms. The van der Waals surface area contributed by atoms with Crippen molar-refractivity contribution >= 4 is 15.8 Å². The van der Waals surface area contributed by atoms with E-state index in [-0.39, 0.29) is 17.9 Å². The lowest BCUT2D eigenvalue weighted by Crippen LogP contribution is -2.46. The highest BCUT2D eigenvalue weighted by molar-refractivity contribution is 7.93. The molecule has 2 aromatic rings. The maximum atomic E-state index is 13.6. The highest BCUT2D eigenvalue weighted by Gasteiger charge is 2.48. The summed E-state index contributed by atoms with van der Waals surface area (Å²) in [6, 6.07) is 13.3. The molecule has 0 bridgehead atoms. The van der Waals surface area contributed by atoms with E-state index < -0.39 is 20.6 Å². The lowest BCUT2D eigenvalue weighted by molar-refractivity contribution is -0.145. The Morgan fingerprint density at radius 2 is 1.41 bits per heavy atom. The van der Waals surface area contributed by atoms with Crippen molar-refractivity contribution in [3.8, 4) is 11.5 Å². The van der Waals surface area contributed by atoms with Crippen LogP contribution >= 0.6 is 0 Å². The first-order valence-electron chi connectivity index (χ1n) is 11.8. The number of benzene rings is 2. The zero-order valence-corrected chi connectivity index (χ0v) is 21.7. The Bertz CT molecular complexity index is 1000. The molecule has 1 unspecified atom stereocenters. The molecule has 2 rings (SSSR count). The van der Waals surface area contributed by atoms with Crippen LogP contribution in [-0.2, 0) is 25.8 Å². The van der Waals surface area contributed by atoms with Gasteiger partial charge in [0, 0.05) is 13.0 Å². The van der Waals surface area contributed by atoms with E-state index >= 15 is 0 Å². The van der Waals surface area contributed by atoms with Gasteiger partial charge in [0.2, 0.25) is 0 Å². The van der Waals surface area contributed by atoms with Gasteiger partial charge in [-0.05, 0) is 75.8 Å². The Balaban J connectivity index is 2.24. The minimum atomic E-state index is -4.06. The zero-order chi connectivity index (χ0) is 25.2. The van der Waals surface area contributed by atoms with E-state index in [2.05, 4.69) is 18.7 Å². The van der Waals surface area contributed by atoms with Gasteiger partial charge in [-0.1, -0.05) is 26.0 Å². The Morgan fingerprint density at radius 1 is 0.853 bits per heavy atom. The van der Waals surface area contributed by atoms with Gasteiger partial charge in [-0.25, -0.2) is 8.42 Å². The van der Waals surface area contributed by atoms with Crippen LogP contribution in [0.5, 0.6) is 11.5 Å². The summed E-state index contributed by atoms with van der Waals surface area (Å²) in [6.07, 6.45) is -0.0267. The molecule has 0 spiro atoms. The van der Waals surface area contributed by atoms with E-state index in [0.717, 1.165) is 19.6 Å². The third-order valence-electron chi connectivity index (χ3n) is 5.78. The fourth-order valence-electron chi connectivity index (χ4n) is 3.63. The van der Waals surface area contributed by atoms with E-state index in [1.54, 1.807) is 43.3 Å². The SMILES string of the molecule is CCOC(=O)C(C)(Cc1ccc(OCCN(CC)CC)cc1)S(=O)(=O)c1ccc(OCC)cc1. The Hall–Kier alpha value is -2.58. The molecule has 0 aliphatic rings. The summed E-state index contributed by atoms with van der Waals surface area (Å²) in [7, 11) is -4.06. The first-order valence-corrected chi connectivity index (χ1v) is 13.3. The summed E-state index contributed by atoms with van der Waals surface area (Å²) < 4.78 is 41.8. The van der Waals surface area contributed by atoms with E-state index in [1.807, 2.05) is 6.92 Å². The van der Waals surface area contributed by atoms with Crippen molar-refractivity contribution in [1.29, 1.82) is 0 Å². The number of likely N-dealkylation sites (N-methyl/N-ethyl adjacent to an activating group) is 1. The van der Waals surface area contributed by atoms with Crippen LogP contribution in [0.3, 0.4) is 0 Å². The quantitative estimate of drug-likeness (QED) is 0.367. The number of hydrogen-bond donors (Lipinski definition) is 0. The summed E-state index contributed by atoms with van der Waals surface area (Å²) in [5.74, 6) is 0.488. The number of ether oxygens (including phenoxy) is 3. The van der Waals surface area contributed by atoms with Crippen molar-refractivity contribution in [3.05, 3.63) is 54.1 Å². The second kappa shape index (κ2) is 12.8. The van der Waals surface area contributed by atoms with Crippen molar-refractivity contribution < 1.29 is 27.4 Å². The van der Waals surface area contributed by atoms with Gasteiger partial charge < -0.3 is 19.1 Å². The second-order valence-electron chi connectivity index (χ2n) is 8.06. The summed E-state index contributed by atoms with van der Waals surface area (Å²) in [5.41, 5.74) is 0.696. The van der Waals surface area contributed by atoms with Crippen molar-refractivity contribution in [3.63, 3.8) is 0 Å². The lowest BCUT2D eigenvalue weighted by Gasteiger charge is -2.27. The summed E-state index contributed by atoms with van der Waals surface area (Å²) >= 11 is 0. The second-order valence-corrected chi connectivity index (χ2v) is 10.4. The van der Waals surface area contributed by atoms with E-state index in [9.17, 15) is 13.2 Å². The predicted molar refractivity (Wildman–Crippen MR) is 133 cm³/mol. The Kier molecular flexibility index (Phi) is 10.4. The number of carbonyl (C=O) groups excluding carboxylic acids is 1. The van der Waals surface area contributed by atoms with Gasteiger partial charge in [0.25, 0.3) is 0 Å². The molecule has 0 N–H and O–H groups in total. The molecule has 0 radical (unpaired) electrons. The van der Waals surface area contributed by atoms with E-state index in [0.29, 0.717) is 30.3 Å². The third-order valence-corrected chi connectivity index (χ3v) is 8.17. The molecule has 0 amide bonds. The normalized spacial score (nSPS) is 13.4. The summed E-state index contributed by atoms with van der Waals surface area (Å²) in [5, 5.41) is 0. The maximum Gasteiger partial charge on any atom is 0.327 e. The average molecular weight is 492 g/mol. The van der Waals surface area contributed by atoms with Crippen LogP contribution in [0.4, 0.5) is 0 Å². The van der Waals surface area contributed by atoms with Crippen LogP contribution < -0.4 is 9.47 Å². The van der Waals surface area contributed by atoms with Crippen molar-refractivity contribution in [1.82, 2.24) is 4.90 Å². The number of esters is 1. The molecule has 0 saturated heterocycles. The molecule has 8 heteroatoms. The smallest absolute Gasteiger partial charge is 0.327 e. The van der Waals surface area contributed by atoms with Crippen LogP contribution in [0.2, 0.25) is 0 Å². The molecule has 0 aromatic heterocycles. The van der Waals surface area contributed by atoms with Gasteiger partial charge in [0.1, 0.15) is 18.1 Å². The summed E-state index contributed by atoms with van der Waals surface area (Å²) in [6.45, 7) is 13.0. The van der Waals surface area contributed by atoms with Gasteiger partial charge in [0.05, 0.1) is 18.1 Å². The monoisotopic (exact) mass is 491 g/mol. The molecule has 0 heterocycles. The van der Waals surface area contributed by atoms with Crippen molar-refractivity contribution in [2.45, 2.75) is 50.7 Å². The standard InChI is InChI=1S/C26H37NO6S/c1-6-27(7-2)18-19-33-23-12-10-21(11-13-23)20-26(5,25(28)32-9-4)34(29,30)24-16-14-22(15-17-24)31-8-3/h10-17H,6-9,18-20H2,1-5H3. The topological polar surface area (TPSA) is 82.1 Å². The minimum absolute atomic E-state index is 0.0267. The Morgan fingerprint density at radius 3 is 1.94 bits per heavy atom. The fraction of sp³-hybridized carbons (Fsp3) is 0.500. The maximum absolute atomic E-state index is 13.6. The molecule has 0 saturated carbocycles. The van der Waals surface area contributed by atoms with Crippen LogP contribution in [0.15, 0.2) is 53.4 Å². The van der Waals surface area contributed by atoms with Gasteiger partial charge >= 0.3 is 5.97 Å². The molecule has 0 fully saturated rings. The number of sulfone groups is 1. The minimum Gasteiger partial charge on any atom is -0.494 e. The van der Waals surface area contributed by atoms with Gasteiger partial charge in [-0.2, -0.15) is 0 Å². The third kappa shape index (κ3) is 6.73. The van der Waals surface area contributed by atoms with Gasteiger partial charge in [0.15, 0.2) is 14.6 Å². The largest absolute Gasteiger partial charge is 0.494 e. The Labute approximate surface area is 203 Å². The van der Waals surface area contributed by atoms with Crippen LogP contribution in [0, 0.1) is 0 Å². The van der Waals surface area contributed by atoms with Crippen LogP contribution in [-0.4, -0.2) is 63.5 Å². The molecule has 7 nitrogen and oxygen atoms in total. The first-order chi connectivity index (χ1) is 16.2. The van der Waals surface area contributed by atoms with Gasteiger partial charge in [-0.3, -0.25) is 4.79 Å². The summed E-state index contributed by atoms with van der Waals surface area (Å²) in [4.78, 5) is 15.2. The predicted octanol–water partition coefficient (Wildman–Crippen LogP) is 4.14. The average Bonchev–Trinajstić information content (AvgIpc) is 2.83. The van der Waals surface area contributed by atoms with Crippen LogP contribution in [0.25, 0.3) is 0 Å². The number of nitrogens with zero attached hydrogens (tertiary/aromatic N) is 1. The van der Waals surface area contributed by atoms with Gasteiger partial charge in [-0.15, -0.1) is 0 Å². The fourth-order valence-corrected chi connectivity index (χ4v) is 5.28. The van der Waals surface area contributed by atoms with E-state index in [1.165, 1.54) is 19.1 Å². The van der Waals surface area contributed by atoms with E-state index in [4.69, 9.17) is 14.2 Å². The molecule has 1 atom stereocenters. The number of carbonyl (C=O) groups is 1.